The van der Waals surface area contributed by atoms with Gasteiger partial charge in [-0.3, -0.25) is 4.79 Å². The fourth-order valence-corrected chi connectivity index (χ4v) is 1.87. The maximum atomic E-state index is 12.0. The highest BCUT2D eigenvalue weighted by atomic mass is 16.5. The molecule has 1 N–H and O–H groups in total. The van der Waals surface area contributed by atoms with E-state index in [-0.39, 0.29) is 5.97 Å². The second kappa shape index (κ2) is 6.10. The molecule has 0 amide bonds. The zero-order valence-electron chi connectivity index (χ0n) is 12.5. The van der Waals surface area contributed by atoms with E-state index in [0.717, 1.165) is 5.56 Å². The Morgan fingerprint density at radius 2 is 1.57 bits per heavy atom. The first-order valence-electron chi connectivity index (χ1n) is 6.94. The van der Waals surface area contributed by atoms with Gasteiger partial charge in [-0.15, -0.1) is 0 Å². The van der Waals surface area contributed by atoms with Gasteiger partial charge in [0.2, 0.25) is 0 Å². The van der Waals surface area contributed by atoms with Crippen molar-refractivity contribution < 1.29 is 14.6 Å². The predicted octanol–water partition coefficient (Wildman–Crippen LogP) is 3.72. The first-order valence-corrected chi connectivity index (χ1v) is 6.94. The summed E-state index contributed by atoms with van der Waals surface area (Å²) in [6, 6.07) is 16.4. The van der Waals surface area contributed by atoms with E-state index in [1.807, 2.05) is 36.4 Å². The molecular weight excluding hydrogens is 264 g/mol. The van der Waals surface area contributed by atoms with Crippen LogP contribution in [-0.2, 0) is 4.79 Å². The van der Waals surface area contributed by atoms with Crippen LogP contribution in [0.4, 0.5) is 0 Å². The number of benzene rings is 2. The van der Waals surface area contributed by atoms with Crippen LogP contribution in [0, 0.1) is 5.41 Å². The quantitative estimate of drug-likeness (QED) is 0.690. The summed E-state index contributed by atoms with van der Waals surface area (Å²) < 4.78 is 5.45. The van der Waals surface area contributed by atoms with Gasteiger partial charge in [0.25, 0.3) is 0 Å². The number of hydrogen-bond donors (Lipinski definition) is 1. The molecule has 0 aromatic heterocycles. The minimum atomic E-state index is -0.824. The van der Waals surface area contributed by atoms with Crippen molar-refractivity contribution in [1.82, 2.24) is 0 Å². The maximum absolute atomic E-state index is 12.0. The van der Waals surface area contributed by atoms with Crippen LogP contribution in [0.1, 0.15) is 38.0 Å². The van der Waals surface area contributed by atoms with Gasteiger partial charge in [-0.1, -0.05) is 48.5 Å². The Kier molecular flexibility index (Phi) is 4.43. The molecule has 21 heavy (non-hydrogen) atoms. The third-order valence-electron chi connectivity index (χ3n) is 3.14. The SMILES string of the molecule is CC(C)(C)C(=O)Oc1ccccc1C(O)c1ccccc1. The van der Waals surface area contributed by atoms with Crippen LogP contribution in [0.2, 0.25) is 0 Å². The fourth-order valence-electron chi connectivity index (χ4n) is 1.87. The summed E-state index contributed by atoms with van der Waals surface area (Å²) in [7, 11) is 0. The normalized spacial score (nSPS) is 12.8. The van der Waals surface area contributed by atoms with Crippen molar-refractivity contribution in [3.05, 3.63) is 65.7 Å². The number of aliphatic hydroxyl groups is 1. The number of carbonyl (C=O) groups is 1. The molecule has 2 rings (SSSR count). The van der Waals surface area contributed by atoms with Crippen LogP contribution in [0.3, 0.4) is 0 Å². The van der Waals surface area contributed by atoms with Crippen LogP contribution in [-0.4, -0.2) is 11.1 Å². The van der Waals surface area contributed by atoms with Crippen LogP contribution in [0.5, 0.6) is 5.75 Å². The lowest BCUT2D eigenvalue weighted by atomic mass is 9.97. The number of carbonyl (C=O) groups excluding carboxylic acids is 1. The lowest BCUT2D eigenvalue weighted by Gasteiger charge is -2.20. The number of para-hydroxylation sites is 1. The van der Waals surface area contributed by atoms with Crippen molar-refractivity contribution in [1.29, 1.82) is 0 Å². The molecule has 3 heteroatoms. The average molecular weight is 284 g/mol. The van der Waals surface area contributed by atoms with Crippen molar-refractivity contribution in [2.75, 3.05) is 0 Å². The summed E-state index contributed by atoms with van der Waals surface area (Å²) in [6.07, 6.45) is -0.824. The summed E-state index contributed by atoms with van der Waals surface area (Å²) in [4.78, 5) is 12.0. The molecule has 0 bridgehead atoms. The average Bonchev–Trinajstić information content (AvgIpc) is 2.47. The van der Waals surface area contributed by atoms with Crippen molar-refractivity contribution in [3.63, 3.8) is 0 Å². The lowest BCUT2D eigenvalue weighted by molar-refractivity contribution is -0.143. The lowest BCUT2D eigenvalue weighted by Crippen LogP contribution is -2.26. The van der Waals surface area contributed by atoms with Gasteiger partial charge in [-0.2, -0.15) is 0 Å². The van der Waals surface area contributed by atoms with E-state index in [2.05, 4.69) is 0 Å². The van der Waals surface area contributed by atoms with Crippen molar-refractivity contribution in [2.24, 2.45) is 5.41 Å². The highest BCUT2D eigenvalue weighted by Gasteiger charge is 2.25. The summed E-state index contributed by atoms with van der Waals surface area (Å²) >= 11 is 0. The second-order valence-corrected chi connectivity index (χ2v) is 5.99. The Labute approximate surface area is 125 Å². The number of ether oxygens (including phenoxy) is 1. The smallest absolute Gasteiger partial charge is 0.316 e. The van der Waals surface area contributed by atoms with Gasteiger partial charge in [0.15, 0.2) is 0 Å². The standard InChI is InChI=1S/C18H20O3/c1-18(2,3)17(20)21-15-12-8-7-11-14(15)16(19)13-9-5-4-6-10-13/h4-12,16,19H,1-3H3. The molecule has 2 aromatic carbocycles. The molecule has 0 aliphatic carbocycles. The molecule has 0 saturated carbocycles. The maximum Gasteiger partial charge on any atom is 0.316 e. The van der Waals surface area contributed by atoms with Crippen LogP contribution in [0.15, 0.2) is 54.6 Å². The predicted molar refractivity (Wildman–Crippen MR) is 82.0 cm³/mol. The topological polar surface area (TPSA) is 46.5 Å². The molecule has 0 spiro atoms. The highest BCUT2D eigenvalue weighted by molar-refractivity contribution is 5.78. The van der Waals surface area contributed by atoms with Crippen molar-refractivity contribution in [3.8, 4) is 5.75 Å². The Balaban J connectivity index is 2.31. The van der Waals surface area contributed by atoms with E-state index in [9.17, 15) is 9.90 Å². The number of rotatable bonds is 3. The molecule has 0 radical (unpaired) electrons. The number of aliphatic hydroxyl groups excluding tert-OH is 1. The first kappa shape index (κ1) is 15.3. The first-order chi connectivity index (χ1) is 9.89. The Morgan fingerprint density at radius 1 is 1.00 bits per heavy atom. The Hall–Kier alpha value is -2.13. The van der Waals surface area contributed by atoms with Crippen LogP contribution < -0.4 is 4.74 Å². The summed E-state index contributed by atoms with van der Waals surface area (Å²) in [5, 5.41) is 10.5. The van der Waals surface area contributed by atoms with E-state index >= 15 is 0 Å². The summed E-state index contributed by atoms with van der Waals surface area (Å²) in [5.41, 5.74) is 0.753. The second-order valence-electron chi connectivity index (χ2n) is 5.99. The van der Waals surface area contributed by atoms with Crippen LogP contribution in [0.25, 0.3) is 0 Å². The molecule has 0 fully saturated rings. The molecule has 1 unspecified atom stereocenters. The fraction of sp³-hybridized carbons (Fsp3) is 0.278. The van der Waals surface area contributed by atoms with Crippen molar-refractivity contribution in [2.45, 2.75) is 26.9 Å². The van der Waals surface area contributed by atoms with E-state index in [1.165, 1.54) is 0 Å². The summed E-state index contributed by atoms with van der Waals surface area (Å²) in [5.74, 6) is 0.0731. The van der Waals surface area contributed by atoms with Crippen molar-refractivity contribution >= 4 is 5.97 Å². The number of hydrogen-bond acceptors (Lipinski definition) is 3. The zero-order valence-corrected chi connectivity index (χ0v) is 12.5. The molecule has 2 aromatic rings. The molecule has 1 atom stereocenters. The molecular formula is C18H20O3. The zero-order chi connectivity index (χ0) is 15.5. The Morgan fingerprint density at radius 3 is 2.19 bits per heavy atom. The van der Waals surface area contributed by atoms with Gasteiger partial charge < -0.3 is 9.84 Å². The van der Waals surface area contributed by atoms with E-state index in [0.29, 0.717) is 11.3 Å². The van der Waals surface area contributed by atoms with E-state index in [4.69, 9.17) is 4.74 Å². The van der Waals surface area contributed by atoms with Gasteiger partial charge >= 0.3 is 5.97 Å². The van der Waals surface area contributed by atoms with Gasteiger partial charge in [0, 0.05) is 5.56 Å². The van der Waals surface area contributed by atoms with Gasteiger partial charge in [0.1, 0.15) is 11.9 Å². The van der Waals surface area contributed by atoms with Gasteiger partial charge in [0.05, 0.1) is 5.41 Å². The molecule has 0 heterocycles. The largest absolute Gasteiger partial charge is 0.426 e. The molecule has 0 saturated heterocycles. The van der Waals surface area contributed by atoms with Crippen LogP contribution >= 0.6 is 0 Å². The molecule has 0 aliphatic rings. The highest BCUT2D eigenvalue weighted by Crippen LogP contribution is 2.31. The molecule has 3 nitrogen and oxygen atoms in total. The molecule has 0 aliphatic heterocycles. The van der Waals surface area contributed by atoms with E-state index in [1.54, 1.807) is 39.0 Å². The Bertz CT molecular complexity index is 612. The molecule has 110 valence electrons. The van der Waals surface area contributed by atoms with E-state index < -0.39 is 11.5 Å². The minimum Gasteiger partial charge on any atom is -0.426 e. The van der Waals surface area contributed by atoms with Gasteiger partial charge in [-0.05, 0) is 32.4 Å². The number of esters is 1. The minimum absolute atomic E-state index is 0.324. The van der Waals surface area contributed by atoms with Gasteiger partial charge in [-0.25, -0.2) is 0 Å². The summed E-state index contributed by atoms with van der Waals surface area (Å²) in [6.45, 7) is 5.39. The monoisotopic (exact) mass is 284 g/mol. The third kappa shape index (κ3) is 3.70. The third-order valence-corrected chi connectivity index (χ3v) is 3.14.